The molecule has 2 heterocycles. The van der Waals surface area contributed by atoms with E-state index in [9.17, 15) is 0 Å². The van der Waals surface area contributed by atoms with Gasteiger partial charge >= 0.3 is 0 Å². The first-order valence-electron chi connectivity index (χ1n) is 4.43. The van der Waals surface area contributed by atoms with Crippen molar-refractivity contribution in [2.75, 3.05) is 6.61 Å². The maximum absolute atomic E-state index is 5.48. The monoisotopic (exact) mass is 209 g/mol. The second kappa shape index (κ2) is 3.61. The summed E-state index contributed by atoms with van der Waals surface area (Å²) in [5, 5.41) is 9.33. The van der Waals surface area contributed by atoms with Crippen molar-refractivity contribution in [2.24, 2.45) is 4.99 Å². The van der Waals surface area contributed by atoms with Gasteiger partial charge in [0.15, 0.2) is 6.23 Å². The Hall–Kier alpha value is -1.03. The summed E-state index contributed by atoms with van der Waals surface area (Å²) in [5.41, 5.74) is 0.958. The number of rotatable bonds is 2. The van der Waals surface area contributed by atoms with Crippen LogP contribution in [0.5, 0.6) is 0 Å². The normalized spacial score (nSPS) is 31.4. The molecule has 5 heteroatoms. The molecule has 0 saturated carbocycles. The van der Waals surface area contributed by atoms with Gasteiger partial charge < -0.3 is 4.74 Å². The molecule has 0 aromatic carbocycles. The lowest BCUT2D eigenvalue weighted by molar-refractivity contribution is 0.111. The number of aromatic nitrogens is 2. The quantitative estimate of drug-likeness (QED) is 0.593. The molecule has 1 N–H and O–H groups in total. The van der Waals surface area contributed by atoms with Crippen LogP contribution in [-0.4, -0.2) is 28.2 Å². The van der Waals surface area contributed by atoms with Crippen molar-refractivity contribution in [2.45, 2.75) is 25.0 Å². The van der Waals surface area contributed by atoms with Crippen LogP contribution >= 0.6 is 12.2 Å². The predicted octanol–water partition coefficient (Wildman–Crippen LogP) is 1.52. The van der Waals surface area contributed by atoms with E-state index in [0.717, 1.165) is 12.1 Å². The molecule has 4 nitrogen and oxygen atoms in total. The Bertz CT molecular complexity index is 358. The van der Waals surface area contributed by atoms with E-state index in [1.54, 1.807) is 0 Å². The van der Waals surface area contributed by atoms with Crippen molar-refractivity contribution in [3.05, 3.63) is 18.0 Å². The average molecular weight is 209 g/mol. The summed E-state index contributed by atoms with van der Waals surface area (Å²) in [4.78, 5) is 3.93. The van der Waals surface area contributed by atoms with E-state index < -0.39 is 0 Å². The highest BCUT2D eigenvalue weighted by molar-refractivity contribution is 7.78. The summed E-state index contributed by atoms with van der Waals surface area (Å²) in [6.45, 7) is 2.74. The van der Waals surface area contributed by atoms with Crippen LogP contribution in [0.1, 0.15) is 19.0 Å². The van der Waals surface area contributed by atoms with E-state index in [1.807, 2.05) is 12.3 Å². The zero-order chi connectivity index (χ0) is 10.0. The van der Waals surface area contributed by atoms with Crippen LogP contribution in [0.25, 0.3) is 0 Å². The summed E-state index contributed by atoms with van der Waals surface area (Å²) in [7, 11) is 0. The third kappa shape index (κ3) is 1.62. The van der Waals surface area contributed by atoms with Crippen molar-refractivity contribution < 1.29 is 4.74 Å². The SMILES string of the molecule is CC1(c2cc[nH]n2)CO[C@H](N=C=S)C1. The summed E-state index contributed by atoms with van der Waals surface area (Å²) in [6, 6.07) is 1.97. The number of aliphatic imine (C=N–C) groups is 1. The smallest absolute Gasteiger partial charge is 0.159 e. The molecule has 2 rings (SSSR count). The highest BCUT2D eigenvalue weighted by Crippen LogP contribution is 2.34. The fourth-order valence-corrected chi connectivity index (χ4v) is 1.82. The van der Waals surface area contributed by atoms with Crippen LogP contribution < -0.4 is 0 Å². The van der Waals surface area contributed by atoms with Gasteiger partial charge in [-0.15, -0.1) is 0 Å². The van der Waals surface area contributed by atoms with Gasteiger partial charge in [0, 0.05) is 18.0 Å². The molecule has 0 radical (unpaired) electrons. The summed E-state index contributed by atoms with van der Waals surface area (Å²) in [5.74, 6) is 0. The molecule has 0 aliphatic carbocycles. The molecule has 2 atom stereocenters. The molecule has 0 amide bonds. The summed E-state index contributed by atoms with van der Waals surface area (Å²) < 4.78 is 5.48. The van der Waals surface area contributed by atoms with Gasteiger partial charge in [-0.2, -0.15) is 5.10 Å². The van der Waals surface area contributed by atoms with Crippen LogP contribution in [0.4, 0.5) is 0 Å². The van der Waals surface area contributed by atoms with Gasteiger partial charge in [0.05, 0.1) is 17.5 Å². The van der Waals surface area contributed by atoms with Crippen molar-refractivity contribution in [1.29, 1.82) is 0 Å². The van der Waals surface area contributed by atoms with Crippen LogP contribution in [0.15, 0.2) is 17.3 Å². The van der Waals surface area contributed by atoms with E-state index in [2.05, 4.69) is 39.5 Å². The Balaban J connectivity index is 2.17. The first-order valence-corrected chi connectivity index (χ1v) is 4.84. The Kier molecular flexibility index (Phi) is 2.46. The summed E-state index contributed by atoms with van der Waals surface area (Å²) in [6.07, 6.45) is 2.46. The lowest BCUT2D eigenvalue weighted by Gasteiger charge is -2.17. The second-order valence-corrected chi connectivity index (χ2v) is 3.89. The first kappa shape index (κ1) is 9.52. The molecule has 1 saturated heterocycles. The van der Waals surface area contributed by atoms with Gasteiger partial charge in [-0.25, -0.2) is 4.99 Å². The maximum atomic E-state index is 5.48. The third-order valence-electron chi connectivity index (χ3n) is 2.54. The van der Waals surface area contributed by atoms with E-state index in [4.69, 9.17) is 4.74 Å². The molecule has 14 heavy (non-hydrogen) atoms. The molecule has 1 aliphatic heterocycles. The molecule has 0 bridgehead atoms. The molecule has 1 unspecified atom stereocenters. The van der Waals surface area contributed by atoms with E-state index in [0.29, 0.717) is 6.61 Å². The molecule has 1 aromatic heterocycles. The number of aromatic amines is 1. The lowest BCUT2D eigenvalue weighted by atomic mass is 9.86. The Morgan fingerprint density at radius 3 is 3.36 bits per heavy atom. The van der Waals surface area contributed by atoms with E-state index in [1.165, 1.54) is 0 Å². The number of thiocarbonyl (C=S) groups is 1. The fourth-order valence-electron chi connectivity index (χ4n) is 1.70. The van der Waals surface area contributed by atoms with Crippen LogP contribution in [-0.2, 0) is 10.2 Å². The number of isothiocyanates is 1. The minimum absolute atomic E-state index is 0.0552. The first-order chi connectivity index (χ1) is 6.74. The maximum Gasteiger partial charge on any atom is 0.159 e. The van der Waals surface area contributed by atoms with E-state index in [-0.39, 0.29) is 11.6 Å². The van der Waals surface area contributed by atoms with Crippen LogP contribution in [0.3, 0.4) is 0 Å². The largest absolute Gasteiger partial charge is 0.355 e. The minimum atomic E-state index is -0.158. The number of hydrogen-bond donors (Lipinski definition) is 1. The highest BCUT2D eigenvalue weighted by atomic mass is 32.1. The Labute approximate surface area is 87.4 Å². The Morgan fingerprint density at radius 1 is 1.86 bits per heavy atom. The van der Waals surface area contributed by atoms with Gasteiger partial charge in [0.2, 0.25) is 0 Å². The van der Waals surface area contributed by atoms with Crippen molar-refractivity contribution in [3.63, 3.8) is 0 Å². The topological polar surface area (TPSA) is 50.3 Å². The number of H-pyrrole nitrogens is 1. The standard InChI is InChI=1S/C9H11N3OS/c1-9(7-2-3-11-12-7)4-8(10-6-14)13-5-9/h2-3,8H,4-5H2,1H3,(H,11,12)/t8-,9?/m0/s1. The molecule has 1 aromatic rings. The predicted molar refractivity (Wildman–Crippen MR) is 55.3 cm³/mol. The third-order valence-corrected chi connectivity index (χ3v) is 2.64. The molecule has 1 fully saturated rings. The fraction of sp³-hybridized carbons (Fsp3) is 0.556. The number of hydrogen-bond acceptors (Lipinski definition) is 4. The zero-order valence-corrected chi connectivity index (χ0v) is 8.67. The average Bonchev–Trinajstić information content (AvgIpc) is 2.75. The number of ether oxygens (including phenoxy) is 1. The molecule has 0 spiro atoms. The molecule has 74 valence electrons. The Morgan fingerprint density at radius 2 is 2.71 bits per heavy atom. The number of nitrogens with one attached hydrogen (secondary N) is 1. The van der Waals surface area contributed by atoms with Crippen LogP contribution in [0.2, 0.25) is 0 Å². The van der Waals surface area contributed by atoms with Gasteiger partial charge in [-0.05, 0) is 18.3 Å². The minimum Gasteiger partial charge on any atom is -0.355 e. The highest BCUT2D eigenvalue weighted by Gasteiger charge is 2.39. The molecule has 1 aliphatic rings. The van der Waals surface area contributed by atoms with E-state index >= 15 is 0 Å². The summed E-state index contributed by atoms with van der Waals surface area (Å²) >= 11 is 4.55. The molecular formula is C9H11N3OS. The van der Waals surface area contributed by atoms with Gasteiger partial charge in [0.25, 0.3) is 0 Å². The molecular weight excluding hydrogens is 198 g/mol. The number of nitrogens with zero attached hydrogens (tertiary/aromatic N) is 2. The van der Waals surface area contributed by atoms with Gasteiger partial charge in [-0.1, -0.05) is 6.92 Å². The van der Waals surface area contributed by atoms with Gasteiger partial charge in [-0.3, -0.25) is 5.10 Å². The van der Waals surface area contributed by atoms with Crippen LogP contribution in [0, 0.1) is 0 Å². The van der Waals surface area contributed by atoms with Crippen molar-refractivity contribution in [3.8, 4) is 0 Å². The zero-order valence-electron chi connectivity index (χ0n) is 7.86. The van der Waals surface area contributed by atoms with Crippen molar-refractivity contribution >= 4 is 17.4 Å². The van der Waals surface area contributed by atoms with Crippen molar-refractivity contribution in [1.82, 2.24) is 10.2 Å². The lowest BCUT2D eigenvalue weighted by Crippen LogP contribution is -2.22. The van der Waals surface area contributed by atoms with Gasteiger partial charge in [0.1, 0.15) is 0 Å². The second-order valence-electron chi connectivity index (χ2n) is 3.71.